The summed E-state index contributed by atoms with van der Waals surface area (Å²) < 4.78 is 153. The number of hydrogen-bond acceptors (Lipinski definition) is 2. The predicted octanol–water partition coefficient (Wildman–Crippen LogP) is 3.70. The van der Waals surface area contributed by atoms with Gasteiger partial charge >= 0.3 is 30.4 Å². The molecule has 1 amide bonds. The Bertz CT molecular complexity index is 417. The number of nitrogens with one attached hydrogen (secondary N) is 1. The first-order chi connectivity index (χ1) is 10.3. The fourth-order valence-electron chi connectivity index (χ4n) is 1.45. The van der Waals surface area contributed by atoms with Crippen molar-refractivity contribution in [2.75, 3.05) is 6.61 Å². The highest BCUT2D eigenvalue weighted by molar-refractivity contribution is 5.81. The van der Waals surface area contributed by atoms with Crippen molar-refractivity contribution in [2.45, 2.75) is 37.4 Å². The van der Waals surface area contributed by atoms with Gasteiger partial charge in [-0.1, -0.05) is 0 Å². The van der Waals surface area contributed by atoms with Gasteiger partial charge in [0.1, 0.15) is 0 Å². The molecule has 1 N–H and O–H groups in total. The zero-order valence-electron chi connectivity index (χ0n) is 11.1. The molecular weight excluding hydrogens is 382 g/mol. The van der Waals surface area contributed by atoms with Gasteiger partial charge in [0.05, 0.1) is 0 Å². The Balaban J connectivity index is 6.11. The first kappa shape index (κ1) is 22.6. The van der Waals surface area contributed by atoms with E-state index in [2.05, 4.69) is 4.74 Å². The van der Waals surface area contributed by atoms with Gasteiger partial charge in [-0.3, -0.25) is 4.79 Å². The molecule has 24 heavy (non-hydrogen) atoms. The van der Waals surface area contributed by atoms with Crippen LogP contribution in [0.15, 0.2) is 0 Å². The largest absolute Gasteiger partial charge is 0.446 e. The lowest BCUT2D eigenvalue weighted by Crippen LogP contribution is -2.71. The van der Waals surface area contributed by atoms with Crippen molar-refractivity contribution < 1.29 is 62.2 Å². The first-order valence-corrected chi connectivity index (χ1v) is 5.54. The SMILES string of the molecule is CCOC(NC(=O)C(C(F)(F)F)C(F)(F)F)(C(F)(F)F)C(F)(F)F. The minimum Gasteiger partial charge on any atom is -0.341 e. The minimum atomic E-state index is -6.60. The quantitative estimate of drug-likeness (QED) is 0.589. The molecule has 0 fully saturated rings. The predicted molar refractivity (Wildman–Crippen MR) is 50.2 cm³/mol. The van der Waals surface area contributed by atoms with Crippen LogP contribution in [0.25, 0.3) is 0 Å². The van der Waals surface area contributed by atoms with Crippen LogP contribution in [0.5, 0.6) is 0 Å². The van der Waals surface area contributed by atoms with E-state index in [9.17, 15) is 57.5 Å². The highest BCUT2D eigenvalue weighted by Crippen LogP contribution is 2.46. The number of carbonyl (C=O) groups is 1. The van der Waals surface area contributed by atoms with Crippen molar-refractivity contribution in [3.8, 4) is 0 Å². The summed E-state index contributed by atoms with van der Waals surface area (Å²) in [5.74, 6) is -8.73. The van der Waals surface area contributed by atoms with Crippen LogP contribution in [0.4, 0.5) is 52.7 Å². The van der Waals surface area contributed by atoms with Crippen LogP contribution >= 0.6 is 0 Å². The molecule has 144 valence electrons. The smallest absolute Gasteiger partial charge is 0.341 e. The third-order valence-corrected chi connectivity index (χ3v) is 2.38. The molecule has 0 rings (SSSR count). The Morgan fingerprint density at radius 2 is 1.17 bits per heavy atom. The molecule has 0 aliphatic rings. The molecule has 0 unspecified atom stereocenters. The zero-order chi connectivity index (χ0) is 19.8. The van der Waals surface area contributed by atoms with Gasteiger partial charge < -0.3 is 10.1 Å². The van der Waals surface area contributed by atoms with Crippen molar-refractivity contribution in [1.82, 2.24) is 5.32 Å². The van der Waals surface area contributed by atoms with Crippen LogP contribution in [-0.2, 0) is 9.53 Å². The van der Waals surface area contributed by atoms with Gasteiger partial charge in [0.25, 0.3) is 0 Å². The fraction of sp³-hybridized carbons (Fsp3) is 0.889. The Labute approximate surface area is 124 Å². The zero-order valence-corrected chi connectivity index (χ0v) is 11.1. The monoisotopic (exact) mass is 389 g/mol. The molecule has 0 saturated carbocycles. The van der Waals surface area contributed by atoms with Crippen LogP contribution in [-0.4, -0.2) is 42.9 Å². The van der Waals surface area contributed by atoms with E-state index in [1.807, 2.05) is 0 Å². The number of carbonyl (C=O) groups excluding carboxylic acids is 1. The lowest BCUT2D eigenvalue weighted by Gasteiger charge is -2.38. The molecule has 0 heterocycles. The van der Waals surface area contributed by atoms with Crippen molar-refractivity contribution in [1.29, 1.82) is 0 Å². The van der Waals surface area contributed by atoms with Gasteiger partial charge in [0, 0.05) is 6.61 Å². The maximum Gasteiger partial charge on any atom is 0.446 e. The van der Waals surface area contributed by atoms with E-state index in [0.29, 0.717) is 6.92 Å². The number of amides is 1. The lowest BCUT2D eigenvalue weighted by atomic mass is 10.1. The maximum absolute atomic E-state index is 12.7. The van der Waals surface area contributed by atoms with Crippen LogP contribution in [0.2, 0.25) is 0 Å². The number of ether oxygens (including phenoxy) is 1. The van der Waals surface area contributed by atoms with Gasteiger partial charge in [0.15, 0.2) is 0 Å². The summed E-state index contributed by atoms with van der Waals surface area (Å²) in [7, 11) is 0. The maximum atomic E-state index is 12.7. The number of rotatable bonds is 4. The normalized spacial score (nSPS) is 14.9. The van der Waals surface area contributed by atoms with E-state index in [4.69, 9.17) is 0 Å². The lowest BCUT2D eigenvalue weighted by molar-refractivity contribution is -0.390. The summed E-state index contributed by atoms with van der Waals surface area (Å²) in [4.78, 5) is 11.0. The van der Waals surface area contributed by atoms with E-state index >= 15 is 0 Å². The van der Waals surface area contributed by atoms with E-state index < -0.39 is 48.9 Å². The summed E-state index contributed by atoms with van der Waals surface area (Å²) in [5, 5.41) is -0.327. The molecule has 0 saturated heterocycles. The molecule has 0 spiro atoms. The summed E-state index contributed by atoms with van der Waals surface area (Å²) in [6.07, 6.45) is -26.2. The molecule has 0 aromatic heterocycles. The molecule has 0 aliphatic carbocycles. The summed E-state index contributed by atoms with van der Waals surface area (Å²) in [5.41, 5.74) is -5.74. The highest BCUT2D eigenvalue weighted by atomic mass is 19.4. The third-order valence-electron chi connectivity index (χ3n) is 2.38. The van der Waals surface area contributed by atoms with E-state index in [1.54, 1.807) is 0 Å². The minimum absolute atomic E-state index is 0.327. The second kappa shape index (κ2) is 6.48. The Hall–Kier alpha value is -1.41. The molecule has 0 aromatic carbocycles. The molecule has 0 aliphatic heterocycles. The van der Waals surface area contributed by atoms with E-state index in [-0.39, 0.29) is 5.32 Å². The molecule has 0 atom stereocenters. The van der Waals surface area contributed by atoms with Crippen LogP contribution in [0.1, 0.15) is 6.92 Å². The Kier molecular flexibility index (Phi) is 6.10. The summed E-state index contributed by atoms with van der Waals surface area (Å²) >= 11 is 0. The average molecular weight is 389 g/mol. The first-order valence-electron chi connectivity index (χ1n) is 5.54. The van der Waals surface area contributed by atoms with Gasteiger partial charge in [-0.15, -0.1) is 0 Å². The van der Waals surface area contributed by atoms with Crippen molar-refractivity contribution in [3.63, 3.8) is 0 Å². The van der Waals surface area contributed by atoms with E-state index in [1.165, 1.54) is 0 Å². The number of hydrogen-bond donors (Lipinski definition) is 1. The van der Waals surface area contributed by atoms with Crippen LogP contribution in [0, 0.1) is 5.92 Å². The number of halogens is 12. The van der Waals surface area contributed by atoms with E-state index in [0.717, 1.165) is 0 Å². The Morgan fingerprint density at radius 3 is 1.38 bits per heavy atom. The number of alkyl halides is 12. The van der Waals surface area contributed by atoms with Crippen molar-refractivity contribution in [3.05, 3.63) is 0 Å². The molecule has 0 aromatic rings. The van der Waals surface area contributed by atoms with Crippen molar-refractivity contribution >= 4 is 5.91 Å². The second-order valence-corrected chi connectivity index (χ2v) is 4.12. The van der Waals surface area contributed by atoms with Gasteiger partial charge in [-0.25, -0.2) is 0 Å². The summed E-state index contributed by atoms with van der Waals surface area (Å²) in [6.45, 7) is -0.897. The summed E-state index contributed by atoms with van der Waals surface area (Å²) in [6, 6.07) is 0. The second-order valence-electron chi connectivity index (χ2n) is 4.12. The highest BCUT2D eigenvalue weighted by Gasteiger charge is 2.75. The molecule has 15 heteroatoms. The van der Waals surface area contributed by atoms with Gasteiger partial charge in [-0.05, 0) is 6.92 Å². The standard InChI is InChI=1S/C9H7F12NO2/c1-2-24-7(8(16,17)18,9(19,20)21)22-4(23)3(5(10,11)12)6(13,14)15/h3H,2H2,1H3,(H,22,23). The fourth-order valence-corrected chi connectivity index (χ4v) is 1.45. The average Bonchev–Trinajstić information content (AvgIpc) is 2.20. The van der Waals surface area contributed by atoms with Crippen molar-refractivity contribution in [2.24, 2.45) is 5.92 Å². The van der Waals surface area contributed by atoms with Gasteiger partial charge in [-0.2, -0.15) is 52.7 Å². The molecular formula is C9H7F12NO2. The molecule has 0 radical (unpaired) electrons. The van der Waals surface area contributed by atoms with Crippen LogP contribution in [0.3, 0.4) is 0 Å². The van der Waals surface area contributed by atoms with Crippen LogP contribution < -0.4 is 5.32 Å². The topological polar surface area (TPSA) is 38.3 Å². The van der Waals surface area contributed by atoms with Gasteiger partial charge in [0.2, 0.25) is 11.8 Å². The molecule has 3 nitrogen and oxygen atoms in total. The third kappa shape index (κ3) is 4.57. The Morgan fingerprint density at radius 1 is 0.833 bits per heavy atom. The molecule has 0 bridgehead atoms.